The van der Waals surface area contributed by atoms with E-state index in [-0.39, 0.29) is 0 Å². The van der Waals surface area contributed by atoms with Crippen molar-refractivity contribution in [3.63, 3.8) is 0 Å². The van der Waals surface area contributed by atoms with Crippen LogP contribution in [-0.2, 0) is 6.54 Å². The lowest BCUT2D eigenvalue weighted by Gasteiger charge is -2.08. The van der Waals surface area contributed by atoms with Crippen LogP contribution in [0.4, 0.5) is 0 Å². The quantitative estimate of drug-likeness (QED) is 0.809. The fourth-order valence-corrected chi connectivity index (χ4v) is 1.57. The summed E-state index contributed by atoms with van der Waals surface area (Å²) in [6.07, 6.45) is 1.20. The number of nitrogens with two attached hydrogens (primary N) is 1. The Kier molecular flexibility index (Phi) is 3.11. The molecule has 0 bridgehead atoms. The molecule has 3 heteroatoms. The van der Waals surface area contributed by atoms with Gasteiger partial charge in [-0.2, -0.15) is 0 Å². The van der Waals surface area contributed by atoms with Gasteiger partial charge in [0.25, 0.3) is 0 Å². The summed E-state index contributed by atoms with van der Waals surface area (Å²) in [6.45, 7) is 5.81. The van der Waals surface area contributed by atoms with E-state index in [1.807, 2.05) is 6.07 Å². The van der Waals surface area contributed by atoms with E-state index >= 15 is 0 Å². The summed E-state index contributed by atoms with van der Waals surface area (Å²) in [5, 5.41) is 2.34. The Morgan fingerprint density at radius 1 is 1.33 bits per heavy atom. The van der Waals surface area contributed by atoms with E-state index in [0.29, 0.717) is 12.8 Å². The molecule has 1 aliphatic heterocycles. The third-order valence-corrected chi connectivity index (χ3v) is 2.84. The molecular weight excluding hydrogens is 190 g/mol. The van der Waals surface area contributed by atoms with Crippen molar-refractivity contribution < 1.29 is 14.8 Å². The van der Waals surface area contributed by atoms with Gasteiger partial charge in [-0.3, -0.25) is 0 Å². The molecule has 0 radical (unpaired) electrons. The van der Waals surface area contributed by atoms with Crippen LogP contribution in [-0.4, -0.2) is 12.8 Å². The van der Waals surface area contributed by atoms with Crippen molar-refractivity contribution in [2.75, 3.05) is 6.79 Å². The van der Waals surface area contributed by atoms with Crippen molar-refractivity contribution in [1.82, 2.24) is 0 Å². The van der Waals surface area contributed by atoms with Crippen molar-refractivity contribution in [2.24, 2.45) is 0 Å². The highest BCUT2D eigenvalue weighted by Crippen LogP contribution is 2.32. The number of quaternary nitrogens is 1. The Hall–Kier alpha value is -1.22. The summed E-state index contributed by atoms with van der Waals surface area (Å²) in [7, 11) is 0. The molecule has 82 valence electrons. The molecule has 3 nitrogen and oxygen atoms in total. The standard InChI is InChI=1S/C12H17NO2/c1-3-9(2)13-7-10-4-5-11-12(6-10)15-8-14-11/h4-6,9,13H,3,7-8H2,1-2H3/p+1/t9-/m0/s1. The molecule has 0 spiro atoms. The predicted molar refractivity (Wildman–Crippen MR) is 57.9 cm³/mol. The first-order chi connectivity index (χ1) is 7.29. The minimum absolute atomic E-state index is 0.355. The molecule has 0 unspecified atom stereocenters. The number of hydrogen-bond donors (Lipinski definition) is 1. The molecule has 0 saturated carbocycles. The van der Waals surface area contributed by atoms with Crippen molar-refractivity contribution >= 4 is 0 Å². The Labute approximate surface area is 90.4 Å². The summed E-state index contributed by atoms with van der Waals surface area (Å²) in [6, 6.07) is 6.84. The van der Waals surface area contributed by atoms with Crippen molar-refractivity contribution in [3.8, 4) is 11.5 Å². The summed E-state index contributed by atoms with van der Waals surface area (Å²) < 4.78 is 10.6. The second-order valence-corrected chi connectivity index (χ2v) is 4.01. The molecule has 0 saturated heterocycles. The van der Waals surface area contributed by atoms with E-state index in [2.05, 4.69) is 31.3 Å². The summed E-state index contributed by atoms with van der Waals surface area (Å²) in [5.41, 5.74) is 1.29. The van der Waals surface area contributed by atoms with E-state index in [9.17, 15) is 0 Å². The van der Waals surface area contributed by atoms with Crippen LogP contribution in [0.15, 0.2) is 18.2 Å². The smallest absolute Gasteiger partial charge is 0.231 e. The largest absolute Gasteiger partial charge is 0.454 e. The molecule has 1 aromatic carbocycles. The van der Waals surface area contributed by atoms with Crippen molar-refractivity contribution in [3.05, 3.63) is 23.8 Å². The molecule has 0 aromatic heterocycles. The maximum Gasteiger partial charge on any atom is 0.231 e. The average molecular weight is 208 g/mol. The molecule has 0 fully saturated rings. The van der Waals surface area contributed by atoms with Crippen LogP contribution in [0.1, 0.15) is 25.8 Å². The Balaban J connectivity index is 1.98. The number of benzene rings is 1. The third-order valence-electron chi connectivity index (χ3n) is 2.84. The lowest BCUT2D eigenvalue weighted by molar-refractivity contribution is -0.701. The van der Waals surface area contributed by atoms with Gasteiger partial charge in [0.15, 0.2) is 11.5 Å². The van der Waals surface area contributed by atoms with Gasteiger partial charge in [-0.05, 0) is 31.5 Å². The molecule has 0 amide bonds. The first-order valence-electron chi connectivity index (χ1n) is 5.51. The number of rotatable bonds is 4. The Morgan fingerprint density at radius 3 is 2.93 bits per heavy atom. The maximum atomic E-state index is 5.34. The van der Waals surface area contributed by atoms with Crippen molar-refractivity contribution in [2.45, 2.75) is 32.9 Å². The van der Waals surface area contributed by atoms with E-state index in [1.165, 1.54) is 12.0 Å². The highest BCUT2D eigenvalue weighted by atomic mass is 16.7. The highest BCUT2D eigenvalue weighted by molar-refractivity contribution is 5.44. The van der Waals surface area contributed by atoms with Crippen LogP contribution in [0.25, 0.3) is 0 Å². The van der Waals surface area contributed by atoms with Gasteiger partial charge in [0.1, 0.15) is 6.54 Å². The van der Waals surface area contributed by atoms with Gasteiger partial charge < -0.3 is 14.8 Å². The van der Waals surface area contributed by atoms with E-state index in [0.717, 1.165) is 18.0 Å². The Morgan fingerprint density at radius 2 is 2.13 bits per heavy atom. The van der Waals surface area contributed by atoms with Crippen LogP contribution in [0.5, 0.6) is 11.5 Å². The number of fused-ring (bicyclic) bond motifs is 1. The zero-order chi connectivity index (χ0) is 10.7. The maximum absolute atomic E-state index is 5.34. The van der Waals surface area contributed by atoms with Crippen LogP contribution in [0.3, 0.4) is 0 Å². The molecule has 1 aromatic rings. The van der Waals surface area contributed by atoms with Gasteiger partial charge in [-0.15, -0.1) is 0 Å². The summed E-state index contributed by atoms with van der Waals surface area (Å²) >= 11 is 0. The second kappa shape index (κ2) is 4.53. The van der Waals surface area contributed by atoms with Gasteiger partial charge in [0, 0.05) is 5.56 Å². The molecule has 0 aliphatic carbocycles. The molecule has 15 heavy (non-hydrogen) atoms. The lowest BCUT2D eigenvalue weighted by Crippen LogP contribution is -2.87. The highest BCUT2D eigenvalue weighted by Gasteiger charge is 2.13. The first kappa shape index (κ1) is 10.3. The average Bonchev–Trinajstić information content (AvgIpc) is 2.72. The SMILES string of the molecule is CC[C@H](C)[NH2+]Cc1ccc2c(c1)OCO2. The normalized spacial score (nSPS) is 15.3. The predicted octanol–water partition coefficient (Wildman–Crippen LogP) is 1.28. The number of hydrogen-bond acceptors (Lipinski definition) is 2. The summed E-state index contributed by atoms with van der Waals surface area (Å²) in [4.78, 5) is 0. The van der Waals surface area contributed by atoms with Gasteiger partial charge in [-0.1, -0.05) is 6.92 Å². The van der Waals surface area contributed by atoms with Gasteiger partial charge >= 0.3 is 0 Å². The first-order valence-corrected chi connectivity index (χ1v) is 5.51. The van der Waals surface area contributed by atoms with Crippen LogP contribution in [0, 0.1) is 0 Å². The second-order valence-electron chi connectivity index (χ2n) is 4.01. The zero-order valence-corrected chi connectivity index (χ0v) is 9.32. The van der Waals surface area contributed by atoms with E-state index in [4.69, 9.17) is 9.47 Å². The van der Waals surface area contributed by atoms with Crippen LogP contribution >= 0.6 is 0 Å². The molecule has 1 aliphatic rings. The van der Waals surface area contributed by atoms with Crippen molar-refractivity contribution in [1.29, 1.82) is 0 Å². The monoisotopic (exact) mass is 208 g/mol. The molecule has 2 N–H and O–H groups in total. The van der Waals surface area contributed by atoms with Gasteiger partial charge in [-0.25, -0.2) is 0 Å². The molecule has 1 heterocycles. The van der Waals surface area contributed by atoms with E-state index < -0.39 is 0 Å². The fourth-order valence-electron chi connectivity index (χ4n) is 1.57. The van der Waals surface area contributed by atoms with Crippen LogP contribution in [0.2, 0.25) is 0 Å². The summed E-state index contributed by atoms with van der Waals surface area (Å²) in [5.74, 6) is 1.74. The zero-order valence-electron chi connectivity index (χ0n) is 9.32. The third kappa shape index (κ3) is 2.42. The minimum Gasteiger partial charge on any atom is -0.454 e. The van der Waals surface area contributed by atoms with E-state index in [1.54, 1.807) is 0 Å². The number of ether oxygens (including phenoxy) is 2. The minimum atomic E-state index is 0.355. The van der Waals surface area contributed by atoms with Crippen LogP contribution < -0.4 is 14.8 Å². The lowest BCUT2D eigenvalue weighted by atomic mass is 10.2. The molecule has 2 rings (SSSR count). The van der Waals surface area contributed by atoms with Gasteiger partial charge in [0.05, 0.1) is 6.04 Å². The molecular formula is C12H18NO2+. The molecule has 1 atom stereocenters. The Bertz CT molecular complexity index is 338. The topological polar surface area (TPSA) is 35.1 Å². The van der Waals surface area contributed by atoms with Gasteiger partial charge in [0.2, 0.25) is 6.79 Å². The fraction of sp³-hybridized carbons (Fsp3) is 0.500.